The first-order valence-electron chi connectivity index (χ1n) is 6.41. The quantitative estimate of drug-likeness (QED) is 0.649. The molecular formula is C15H15ClN2O3. The second-order valence-electron chi connectivity index (χ2n) is 4.42. The Balaban J connectivity index is 2.00. The highest BCUT2D eigenvalue weighted by atomic mass is 35.5. The van der Waals surface area contributed by atoms with Crippen LogP contribution in [0.1, 0.15) is 5.56 Å². The molecule has 1 N–H and O–H groups in total. The van der Waals surface area contributed by atoms with Gasteiger partial charge >= 0.3 is 5.69 Å². The molecule has 0 aliphatic heterocycles. The maximum absolute atomic E-state index is 11.0. The number of hydrogen-bond donors (Lipinski definition) is 1. The lowest BCUT2D eigenvalue weighted by Gasteiger charge is -2.08. The summed E-state index contributed by atoms with van der Waals surface area (Å²) in [5.41, 5.74) is 1.46. The molecule has 0 spiro atoms. The van der Waals surface area contributed by atoms with Gasteiger partial charge in [0.2, 0.25) is 0 Å². The Hall–Kier alpha value is -2.27. The zero-order chi connectivity index (χ0) is 15.2. The van der Waals surface area contributed by atoms with Crippen LogP contribution in [0.25, 0.3) is 0 Å². The van der Waals surface area contributed by atoms with E-state index in [2.05, 4.69) is 5.32 Å². The highest BCUT2D eigenvalue weighted by Crippen LogP contribution is 2.32. The largest absolute Gasteiger partial charge is 0.497 e. The van der Waals surface area contributed by atoms with Crippen molar-refractivity contribution >= 4 is 23.0 Å². The number of nitro benzene ring substituents is 1. The average molecular weight is 307 g/mol. The van der Waals surface area contributed by atoms with Crippen molar-refractivity contribution < 1.29 is 9.66 Å². The van der Waals surface area contributed by atoms with E-state index in [1.54, 1.807) is 19.2 Å². The van der Waals surface area contributed by atoms with E-state index in [1.165, 1.54) is 6.07 Å². The third kappa shape index (κ3) is 3.86. The fourth-order valence-corrected chi connectivity index (χ4v) is 2.22. The van der Waals surface area contributed by atoms with Crippen LogP contribution < -0.4 is 10.1 Å². The minimum Gasteiger partial charge on any atom is -0.497 e. The first kappa shape index (κ1) is 15.1. The van der Waals surface area contributed by atoms with Gasteiger partial charge in [-0.05, 0) is 36.2 Å². The first-order chi connectivity index (χ1) is 10.1. The fourth-order valence-electron chi connectivity index (χ4n) is 1.98. The lowest BCUT2D eigenvalue weighted by atomic mass is 10.1. The summed E-state index contributed by atoms with van der Waals surface area (Å²) in [6, 6.07) is 12.5. The number of nitrogens with one attached hydrogen (secondary N) is 1. The molecule has 110 valence electrons. The number of nitro groups is 1. The molecule has 0 bridgehead atoms. The van der Waals surface area contributed by atoms with E-state index in [4.69, 9.17) is 16.3 Å². The summed E-state index contributed by atoms with van der Waals surface area (Å²) >= 11 is 5.86. The summed E-state index contributed by atoms with van der Waals surface area (Å²) in [6.07, 6.45) is 0.744. The highest BCUT2D eigenvalue weighted by Gasteiger charge is 2.17. The van der Waals surface area contributed by atoms with Gasteiger partial charge in [-0.1, -0.05) is 29.8 Å². The van der Waals surface area contributed by atoms with Crippen LogP contribution in [0.3, 0.4) is 0 Å². The van der Waals surface area contributed by atoms with E-state index in [-0.39, 0.29) is 10.7 Å². The number of benzene rings is 2. The molecule has 0 aromatic heterocycles. The summed E-state index contributed by atoms with van der Waals surface area (Å²) in [7, 11) is 1.62. The van der Waals surface area contributed by atoms with Crippen molar-refractivity contribution in [3.8, 4) is 5.75 Å². The van der Waals surface area contributed by atoms with Crippen LogP contribution in [0.2, 0.25) is 5.02 Å². The van der Waals surface area contributed by atoms with Crippen molar-refractivity contribution in [3.05, 3.63) is 63.2 Å². The standard InChI is InChI=1S/C15H15ClN2O3/c1-21-12-7-5-11(6-8-12)9-10-17-14-4-2-3-13(16)15(14)18(19)20/h2-8,17H,9-10H2,1H3. The molecule has 2 aromatic rings. The Kier molecular flexibility index (Phi) is 5.00. The Morgan fingerprint density at radius 1 is 1.24 bits per heavy atom. The summed E-state index contributed by atoms with van der Waals surface area (Å²) in [4.78, 5) is 10.5. The smallest absolute Gasteiger partial charge is 0.310 e. The zero-order valence-corrected chi connectivity index (χ0v) is 12.3. The summed E-state index contributed by atoms with van der Waals surface area (Å²) in [6.45, 7) is 0.577. The molecule has 0 aliphatic rings. The molecule has 0 radical (unpaired) electrons. The van der Waals surface area contributed by atoms with Gasteiger partial charge in [0, 0.05) is 6.54 Å². The highest BCUT2D eigenvalue weighted by molar-refractivity contribution is 6.33. The molecule has 5 nitrogen and oxygen atoms in total. The minimum atomic E-state index is -0.474. The SMILES string of the molecule is COc1ccc(CCNc2cccc(Cl)c2[N+](=O)[O-])cc1. The molecule has 0 fully saturated rings. The zero-order valence-electron chi connectivity index (χ0n) is 11.5. The second-order valence-corrected chi connectivity index (χ2v) is 4.83. The minimum absolute atomic E-state index is 0.0890. The van der Waals surface area contributed by atoms with Crippen LogP contribution in [0.4, 0.5) is 11.4 Å². The Labute approximate surface area is 127 Å². The number of halogens is 1. The molecule has 0 unspecified atom stereocenters. The number of nitrogens with zero attached hydrogens (tertiary/aromatic N) is 1. The number of para-hydroxylation sites is 1. The molecule has 0 amide bonds. The lowest BCUT2D eigenvalue weighted by molar-refractivity contribution is -0.383. The van der Waals surface area contributed by atoms with Gasteiger partial charge in [-0.25, -0.2) is 0 Å². The van der Waals surface area contributed by atoms with Gasteiger partial charge in [0.1, 0.15) is 16.5 Å². The van der Waals surface area contributed by atoms with Gasteiger partial charge in [0.15, 0.2) is 0 Å². The Morgan fingerprint density at radius 3 is 2.57 bits per heavy atom. The van der Waals surface area contributed by atoms with Crippen molar-refractivity contribution in [1.82, 2.24) is 0 Å². The summed E-state index contributed by atoms with van der Waals surface area (Å²) in [5, 5.41) is 14.2. The van der Waals surface area contributed by atoms with Crippen molar-refractivity contribution in [1.29, 1.82) is 0 Å². The van der Waals surface area contributed by atoms with Crippen molar-refractivity contribution in [2.75, 3.05) is 19.0 Å². The lowest BCUT2D eigenvalue weighted by Crippen LogP contribution is -2.07. The molecule has 0 saturated heterocycles. The van der Waals surface area contributed by atoms with Crippen LogP contribution in [-0.2, 0) is 6.42 Å². The Morgan fingerprint density at radius 2 is 1.95 bits per heavy atom. The van der Waals surface area contributed by atoms with Crippen molar-refractivity contribution in [2.45, 2.75) is 6.42 Å². The molecule has 0 aliphatic carbocycles. The van der Waals surface area contributed by atoms with Crippen LogP contribution in [-0.4, -0.2) is 18.6 Å². The fraction of sp³-hybridized carbons (Fsp3) is 0.200. The molecule has 0 atom stereocenters. The second kappa shape index (κ2) is 6.95. The summed E-state index contributed by atoms with van der Waals surface area (Å²) in [5.74, 6) is 0.803. The topological polar surface area (TPSA) is 64.4 Å². The van der Waals surface area contributed by atoms with Gasteiger partial charge in [-0.3, -0.25) is 10.1 Å². The van der Waals surface area contributed by atoms with Gasteiger partial charge in [-0.2, -0.15) is 0 Å². The van der Waals surface area contributed by atoms with Gasteiger partial charge < -0.3 is 10.1 Å². The maximum atomic E-state index is 11.0. The predicted octanol–water partition coefficient (Wildman–Crippen LogP) is 3.91. The monoisotopic (exact) mass is 306 g/mol. The third-order valence-corrected chi connectivity index (χ3v) is 3.36. The number of anilines is 1. The van der Waals surface area contributed by atoms with E-state index in [9.17, 15) is 10.1 Å². The van der Waals surface area contributed by atoms with E-state index in [0.717, 1.165) is 17.7 Å². The molecule has 0 heterocycles. The van der Waals surface area contributed by atoms with Gasteiger partial charge in [0.25, 0.3) is 0 Å². The molecule has 2 rings (SSSR count). The van der Waals surface area contributed by atoms with Crippen molar-refractivity contribution in [2.24, 2.45) is 0 Å². The van der Waals surface area contributed by atoms with Crippen LogP contribution in [0.5, 0.6) is 5.75 Å². The number of ether oxygens (including phenoxy) is 1. The number of hydrogen-bond acceptors (Lipinski definition) is 4. The summed E-state index contributed by atoms with van der Waals surface area (Å²) < 4.78 is 5.09. The normalized spacial score (nSPS) is 10.2. The van der Waals surface area contributed by atoms with Crippen LogP contribution in [0, 0.1) is 10.1 Å². The molecule has 6 heteroatoms. The average Bonchev–Trinajstić information content (AvgIpc) is 2.47. The molecule has 0 saturated carbocycles. The van der Waals surface area contributed by atoms with E-state index < -0.39 is 4.92 Å². The number of methoxy groups -OCH3 is 1. The van der Waals surface area contributed by atoms with Crippen LogP contribution >= 0.6 is 11.6 Å². The van der Waals surface area contributed by atoms with Gasteiger partial charge in [-0.15, -0.1) is 0 Å². The molecule has 2 aromatic carbocycles. The van der Waals surface area contributed by atoms with E-state index >= 15 is 0 Å². The first-order valence-corrected chi connectivity index (χ1v) is 6.79. The van der Waals surface area contributed by atoms with E-state index in [0.29, 0.717) is 12.2 Å². The number of rotatable bonds is 6. The molecule has 21 heavy (non-hydrogen) atoms. The Bertz CT molecular complexity index is 629. The predicted molar refractivity (Wildman–Crippen MR) is 83.3 cm³/mol. The third-order valence-electron chi connectivity index (χ3n) is 3.06. The van der Waals surface area contributed by atoms with Gasteiger partial charge in [0.05, 0.1) is 12.0 Å². The van der Waals surface area contributed by atoms with Crippen molar-refractivity contribution in [3.63, 3.8) is 0 Å². The van der Waals surface area contributed by atoms with Crippen LogP contribution in [0.15, 0.2) is 42.5 Å². The van der Waals surface area contributed by atoms with E-state index in [1.807, 2.05) is 24.3 Å². The molecular weight excluding hydrogens is 292 g/mol. The maximum Gasteiger partial charge on any atom is 0.310 e.